The van der Waals surface area contributed by atoms with Crippen LogP contribution in [0.5, 0.6) is 0 Å². The minimum absolute atomic E-state index is 0.264. The smallest absolute Gasteiger partial charge is 0.335 e. The van der Waals surface area contributed by atoms with Crippen LogP contribution in [0.25, 0.3) is 16.9 Å². The van der Waals surface area contributed by atoms with Crippen molar-refractivity contribution in [1.82, 2.24) is 14.5 Å². The summed E-state index contributed by atoms with van der Waals surface area (Å²) in [5.41, 5.74) is 3.62. The number of carboxylic acids is 1. The predicted octanol–water partition coefficient (Wildman–Crippen LogP) is 3.23. The van der Waals surface area contributed by atoms with E-state index in [9.17, 15) is 4.79 Å². The monoisotopic (exact) mass is 337 g/mol. The Balaban J connectivity index is 1.51. The van der Waals surface area contributed by atoms with E-state index in [0.29, 0.717) is 12.7 Å². The highest BCUT2D eigenvalue weighted by Gasteiger charge is 2.17. The number of hydrogen-bond acceptors (Lipinski definition) is 4. The molecule has 2 heterocycles. The van der Waals surface area contributed by atoms with E-state index in [2.05, 4.69) is 9.97 Å². The molecule has 25 heavy (non-hydrogen) atoms. The van der Waals surface area contributed by atoms with Gasteiger partial charge in [0, 0.05) is 18.3 Å². The molecule has 2 aromatic heterocycles. The number of ether oxygens (including phenoxy) is 1. The molecular formula is C19H19N3O3. The van der Waals surface area contributed by atoms with Gasteiger partial charge in [-0.05, 0) is 49.6 Å². The Labute approximate surface area is 145 Å². The minimum Gasteiger partial charge on any atom is -0.478 e. The fraction of sp³-hybridized carbons (Fsp3) is 0.316. The van der Waals surface area contributed by atoms with Crippen LogP contribution in [0.15, 0.2) is 42.7 Å². The largest absolute Gasteiger partial charge is 0.478 e. The molecule has 6 heteroatoms. The summed E-state index contributed by atoms with van der Waals surface area (Å²) >= 11 is 0. The van der Waals surface area contributed by atoms with Crippen molar-refractivity contribution in [3.8, 4) is 5.69 Å². The van der Waals surface area contributed by atoms with Crippen molar-refractivity contribution < 1.29 is 14.6 Å². The van der Waals surface area contributed by atoms with Gasteiger partial charge in [0.25, 0.3) is 0 Å². The summed E-state index contributed by atoms with van der Waals surface area (Å²) in [6.07, 6.45) is 8.51. The van der Waals surface area contributed by atoms with Gasteiger partial charge in [0.1, 0.15) is 5.52 Å². The number of aromatic nitrogens is 3. The molecule has 0 radical (unpaired) electrons. The maximum Gasteiger partial charge on any atom is 0.335 e. The van der Waals surface area contributed by atoms with Crippen molar-refractivity contribution >= 4 is 17.1 Å². The number of carbonyl (C=O) groups is 1. The second-order valence-electron chi connectivity index (χ2n) is 6.28. The molecule has 1 aromatic carbocycles. The lowest BCUT2D eigenvalue weighted by Gasteiger charge is -2.25. The van der Waals surface area contributed by atoms with Crippen LogP contribution < -0.4 is 0 Å². The summed E-state index contributed by atoms with van der Waals surface area (Å²) in [4.78, 5) is 20.1. The zero-order chi connectivity index (χ0) is 17.2. The highest BCUT2D eigenvalue weighted by Crippen LogP contribution is 2.22. The summed E-state index contributed by atoms with van der Waals surface area (Å²) in [6.45, 7) is 0.683. The summed E-state index contributed by atoms with van der Waals surface area (Å²) in [6, 6.07) is 8.63. The van der Waals surface area contributed by atoms with Crippen LogP contribution in [-0.2, 0) is 11.2 Å². The number of rotatable bonds is 6. The Morgan fingerprint density at radius 3 is 2.72 bits per heavy atom. The number of hydrogen-bond donors (Lipinski definition) is 1. The van der Waals surface area contributed by atoms with E-state index >= 15 is 0 Å². The standard InChI is InChI=1S/C19H19N3O3/c23-19(24)13-4-6-15(7-5-13)22-10-8-17-18(22)20-12-14(21-17)9-11-25-16-2-1-3-16/h4-8,10,12,16H,1-3,9,11H2,(H,23,24). The average molecular weight is 337 g/mol. The molecular weight excluding hydrogens is 318 g/mol. The Morgan fingerprint density at radius 2 is 2.04 bits per heavy atom. The number of fused-ring (bicyclic) bond motifs is 1. The molecule has 0 saturated heterocycles. The van der Waals surface area contributed by atoms with Crippen molar-refractivity contribution in [1.29, 1.82) is 0 Å². The first-order valence-corrected chi connectivity index (χ1v) is 8.49. The lowest BCUT2D eigenvalue weighted by molar-refractivity contribution is 0.00385. The quantitative estimate of drug-likeness (QED) is 0.747. The van der Waals surface area contributed by atoms with Crippen molar-refractivity contribution in [3.63, 3.8) is 0 Å². The molecule has 0 aliphatic heterocycles. The Bertz CT molecular complexity index is 898. The maximum absolute atomic E-state index is 11.0. The number of aromatic carboxylic acids is 1. The molecule has 1 N–H and O–H groups in total. The van der Waals surface area contributed by atoms with E-state index in [1.54, 1.807) is 30.5 Å². The van der Waals surface area contributed by atoms with Gasteiger partial charge in [-0.3, -0.25) is 4.57 Å². The van der Waals surface area contributed by atoms with Crippen LogP contribution in [0, 0.1) is 0 Å². The van der Waals surface area contributed by atoms with E-state index in [-0.39, 0.29) is 5.56 Å². The van der Waals surface area contributed by atoms with Crippen molar-refractivity contribution in [2.75, 3.05) is 6.61 Å². The lowest BCUT2D eigenvalue weighted by atomic mass is 9.96. The minimum atomic E-state index is -0.933. The van der Waals surface area contributed by atoms with Gasteiger partial charge in [-0.25, -0.2) is 14.8 Å². The van der Waals surface area contributed by atoms with E-state index in [1.165, 1.54) is 19.3 Å². The van der Waals surface area contributed by atoms with E-state index < -0.39 is 5.97 Å². The third-order valence-corrected chi connectivity index (χ3v) is 4.60. The normalized spacial score (nSPS) is 14.6. The molecule has 0 amide bonds. The summed E-state index contributed by atoms with van der Waals surface area (Å²) in [5, 5.41) is 8.99. The van der Waals surface area contributed by atoms with Gasteiger partial charge in [0.2, 0.25) is 0 Å². The zero-order valence-corrected chi connectivity index (χ0v) is 13.8. The summed E-state index contributed by atoms with van der Waals surface area (Å²) < 4.78 is 7.68. The number of nitrogens with zero attached hydrogens (tertiary/aromatic N) is 3. The SMILES string of the molecule is O=C(O)c1ccc(-n2ccc3nc(CCOC4CCC4)cnc32)cc1. The van der Waals surface area contributed by atoms with Gasteiger partial charge in [-0.15, -0.1) is 0 Å². The second-order valence-corrected chi connectivity index (χ2v) is 6.28. The average Bonchev–Trinajstić information content (AvgIpc) is 3.00. The van der Waals surface area contributed by atoms with Crippen molar-refractivity contribution in [2.45, 2.75) is 31.8 Å². The van der Waals surface area contributed by atoms with E-state index in [4.69, 9.17) is 9.84 Å². The Kier molecular flexibility index (Phi) is 4.19. The fourth-order valence-corrected chi connectivity index (χ4v) is 2.91. The van der Waals surface area contributed by atoms with Gasteiger partial charge in [-0.1, -0.05) is 0 Å². The molecule has 1 aliphatic rings. The molecule has 1 saturated carbocycles. The van der Waals surface area contributed by atoms with E-state index in [1.807, 2.05) is 16.8 Å². The molecule has 6 nitrogen and oxygen atoms in total. The second kappa shape index (κ2) is 6.64. The van der Waals surface area contributed by atoms with Crippen LogP contribution in [0.1, 0.15) is 35.3 Å². The molecule has 0 bridgehead atoms. The first-order chi connectivity index (χ1) is 12.2. The lowest BCUT2D eigenvalue weighted by Crippen LogP contribution is -2.22. The van der Waals surface area contributed by atoms with Crippen LogP contribution in [0.3, 0.4) is 0 Å². The summed E-state index contributed by atoms with van der Waals surface area (Å²) in [7, 11) is 0. The summed E-state index contributed by atoms with van der Waals surface area (Å²) in [5.74, 6) is -0.933. The number of carboxylic acid groups (broad SMARTS) is 1. The fourth-order valence-electron chi connectivity index (χ4n) is 2.91. The molecule has 1 fully saturated rings. The molecule has 4 rings (SSSR count). The molecule has 0 unspecified atom stereocenters. The van der Waals surface area contributed by atoms with Gasteiger partial charge in [-0.2, -0.15) is 0 Å². The Morgan fingerprint density at radius 1 is 1.24 bits per heavy atom. The van der Waals surface area contributed by atoms with E-state index in [0.717, 1.165) is 29.0 Å². The highest BCUT2D eigenvalue weighted by atomic mass is 16.5. The molecule has 128 valence electrons. The molecule has 0 spiro atoms. The van der Waals surface area contributed by atoms with Crippen LogP contribution in [0.2, 0.25) is 0 Å². The van der Waals surface area contributed by atoms with Crippen molar-refractivity contribution in [2.24, 2.45) is 0 Å². The van der Waals surface area contributed by atoms with Gasteiger partial charge in [0.15, 0.2) is 5.65 Å². The molecule has 1 aliphatic carbocycles. The third-order valence-electron chi connectivity index (χ3n) is 4.60. The first kappa shape index (κ1) is 15.8. The zero-order valence-electron chi connectivity index (χ0n) is 13.8. The van der Waals surface area contributed by atoms with Crippen LogP contribution >= 0.6 is 0 Å². The van der Waals surface area contributed by atoms with Gasteiger partial charge >= 0.3 is 5.97 Å². The Hall–Kier alpha value is -2.73. The van der Waals surface area contributed by atoms with Crippen LogP contribution in [-0.4, -0.2) is 38.3 Å². The van der Waals surface area contributed by atoms with Crippen molar-refractivity contribution in [3.05, 3.63) is 54.0 Å². The first-order valence-electron chi connectivity index (χ1n) is 8.49. The number of benzene rings is 1. The van der Waals surface area contributed by atoms with Gasteiger partial charge < -0.3 is 9.84 Å². The highest BCUT2D eigenvalue weighted by molar-refractivity contribution is 5.87. The topological polar surface area (TPSA) is 77.2 Å². The van der Waals surface area contributed by atoms with Crippen LogP contribution in [0.4, 0.5) is 0 Å². The third kappa shape index (κ3) is 3.25. The molecule has 0 atom stereocenters. The maximum atomic E-state index is 11.0. The predicted molar refractivity (Wildman–Crippen MR) is 93.1 cm³/mol. The van der Waals surface area contributed by atoms with Gasteiger partial charge in [0.05, 0.1) is 30.2 Å². The molecule has 3 aromatic rings.